The van der Waals surface area contributed by atoms with E-state index in [0.29, 0.717) is 31.0 Å². The topological polar surface area (TPSA) is 47.9 Å². The fourth-order valence-electron chi connectivity index (χ4n) is 3.39. The van der Waals surface area contributed by atoms with Gasteiger partial charge in [0.05, 0.1) is 19.3 Å². The zero-order chi connectivity index (χ0) is 10.4. The van der Waals surface area contributed by atoms with Crippen LogP contribution in [0.5, 0.6) is 0 Å². The molecule has 1 saturated carbocycles. The minimum atomic E-state index is -0.573. The molecule has 0 aromatic carbocycles. The van der Waals surface area contributed by atoms with Crippen molar-refractivity contribution in [2.24, 2.45) is 17.8 Å². The fraction of sp³-hybridized carbons (Fsp3) is 1.00. The minimum absolute atomic E-state index is 0.0658. The largest absolute Gasteiger partial charge is 0.368 e. The van der Waals surface area contributed by atoms with Crippen molar-refractivity contribution in [2.45, 2.75) is 38.4 Å². The summed E-state index contributed by atoms with van der Waals surface area (Å²) < 4.78 is 16.7. The number of rotatable bonds is 1. The predicted octanol–water partition coefficient (Wildman–Crippen LogP) is 0.739. The Morgan fingerprint density at radius 2 is 1.87 bits per heavy atom. The van der Waals surface area contributed by atoms with Crippen molar-refractivity contribution >= 4 is 0 Å². The standard InChI is InChI=1S/C11H18O4/c1-6-4-8-7(5-9(12)15-8)10(6)11-13-2-3-14-11/h6-12H,2-5H2,1H3/t6-,7+,8+,9?,10+/m1/s1. The van der Waals surface area contributed by atoms with Gasteiger partial charge in [0.15, 0.2) is 12.6 Å². The number of hydrogen-bond donors (Lipinski definition) is 1. The van der Waals surface area contributed by atoms with Gasteiger partial charge in [-0.25, -0.2) is 0 Å². The highest BCUT2D eigenvalue weighted by atomic mass is 16.7. The first-order valence-electron chi connectivity index (χ1n) is 5.82. The molecular weight excluding hydrogens is 196 g/mol. The number of aliphatic hydroxyl groups is 1. The van der Waals surface area contributed by atoms with E-state index in [1.165, 1.54) is 0 Å². The van der Waals surface area contributed by atoms with Gasteiger partial charge < -0.3 is 19.3 Å². The molecule has 0 radical (unpaired) electrons. The van der Waals surface area contributed by atoms with Crippen LogP contribution in [-0.4, -0.2) is 37.0 Å². The molecule has 5 atom stereocenters. The van der Waals surface area contributed by atoms with Crippen molar-refractivity contribution in [3.05, 3.63) is 0 Å². The first-order valence-corrected chi connectivity index (χ1v) is 5.82. The summed E-state index contributed by atoms with van der Waals surface area (Å²) in [5.41, 5.74) is 0. The Kier molecular flexibility index (Phi) is 2.47. The monoisotopic (exact) mass is 214 g/mol. The maximum absolute atomic E-state index is 9.48. The van der Waals surface area contributed by atoms with E-state index >= 15 is 0 Å². The van der Waals surface area contributed by atoms with Crippen molar-refractivity contribution in [1.82, 2.24) is 0 Å². The molecule has 4 nitrogen and oxygen atoms in total. The van der Waals surface area contributed by atoms with Crippen molar-refractivity contribution in [3.8, 4) is 0 Å². The molecule has 3 fully saturated rings. The molecule has 1 N–H and O–H groups in total. The van der Waals surface area contributed by atoms with Crippen LogP contribution in [0.2, 0.25) is 0 Å². The highest BCUT2D eigenvalue weighted by Crippen LogP contribution is 2.48. The van der Waals surface area contributed by atoms with E-state index in [2.05, 4.69) is 6.92 Å². The second kappa shape index (κ2) is 3.70. The number of ether oxygens (including phenoxy) is 3. The zero-order valence-corrected chi connectivity index (χ0v) is 8.96. The molecule has 1 unspecified atom stereocenters. The van der Waals surface area contributed by atoms with Crippen LogP contribution >= 0.6 is 0 Å². The van der Waals surface area contributed by atoms with Crippen LogP contribution < -0.4 is 0 Å². The van der Waals surface area contributed by atoms with Gasteiger partial charge in [-0.05, 0) is 18.3 Å². The van der Waals surface area contributed by atoms with Crippen molar-refractivity contribution < 1.29 is 19.3 Å². The third kappa shape index (κ3) is 1.60. The summed E-state index contributed by atoms with van der Waals surface area (Å²) in [6.07, 6.45) is 1.34. The summed E-state index contributed by atoms with van der Waals surface area (Å²) in [6, 6.07) is 0. The Balaban J connectivity index is 1.75. The first kappa shape index (κ1) is 10.0. The molecule has 2 saturated heterocycles. The molecule has 0 aromatic heterocycles. The van der Waals surface area contributed by atoms with Gasteiger partial charge in [-0.1, -0.05) is 6.92 Å². The van der Waals surface area contributed by atoms with Crippen LogP contribution in [0.15, 0.2) is 0 Å². The second-order valence-corrected chi connectivity index (χ2v) is 4.93. The summed E-state index contributed by atoms with van der Waals surface area (Å²) in [5.74, 6) is 1.38. The van der Waals surface area contributed by atoms with Gasteiger partial charge in [0, 0.05) is 12.3 Å². The maximum Gasteiger partial charge on any atom is 0.161 e. The van der Waals surface area contributed by atoms with Crippen LogP contribution in [0.25, 0.3) is 0 Å². The van der Waals surface area contributed by atoms with E-state index in [1.807, 2.05) is 0 Å². The Morgan fingerprint density at radius 3 is 2.60 bits per heavy atom. The molecule has 0 spiro atoms. The lowest BCUT2D eigenvalue weighted by Gasteiger charge is -2.25. The third-order valence-electron chi connectivity index (χ3n) is 4.00. The Hall–Kier alpha value is -0.160. The normalized spacial score (nSPS) is 51.2. The molecule has 4 heteroatoms. The van der Waals surface area contributed by atoms with Crippen LogP contribution in [0.1, 0.15) is 19.8 Å². The highest BCUT2D eigenvalue weighted by molar-refractivity contribution is 4.95. The van der Waals surface area contributed by atoms with Crippen LogP contribution in [0.3, 0.4) is 0 Å². The van der Waals surface area contributed by atoms with Crippen LogP contribution in [0.4, 0.5) is 0 Å². The van der Waals surface area contributed by atoms with E-state index in [9.17, 15) is 5.11 Å². The molecule has 0 amide bonds. The average Bonchev–Trinajstić information content (AvgIpc) is 2.80. The molecule has 2 heterocycles. The quantitative estimate of drug-likeness (QED) is 0.699. The average molecular weight is 214 g/mol. The molecule has 2 aliphatic heterocycles. The molecule has 3 aliphatic rings. The van der Waals surface area contributed by atoms with Gasteiger partial charge in [-0.15, -0.1) is 0 Å². The molecule has 0 aromatic rings. The molecule has 15 heavy (non-hydrogen) atoms. The fourth-order valence-corrected chi connectivity index (χ4v) is 3.39. The van der Waals surface area contributed by atoms with Crippen molar-refractivity contribution in [2.75, 3.05) is 13.2 Å². The lowest BCUT2D eigenvalue weighted by atomic mass is 9.88. The summed E-state index contributed by atoms with van der Waals surface area (Å²) in [7, 11) is 0. The van der Waals surface area contributed by atoms with Gasteiger partial charge in [0.2, 0.25) is 0 Å². The Bertz CT molecular complexity index is 239. The van der Waals surface area contributed by atoms with E-state index in [4.69, 9.17) is 14.2 Å². The maximum atomic E-state index is 9.48. The van der Waals surface area contributed by atoms with Crippen molar-refractivity contribution in [1.29, 1.82) is 0 Å². The van der Waals surface area contributed by atoms with E-state index in [1.54, 1.807) is 0 Å². The second-order valence-electron chi connectivity index (χ2n) is 4.93. The Labute approximate surface area is 89.5 Å². The summed E-state index contributed by atoms with van der Waals surface area (Å²) in [5, 5.41) is 9.48. The molecule has 1 aliphatic carbocycles. The lowest BCUT2D eigenvalue weighted by Crippen LogP contribution is -2.30. The number of fused-ring (bicyclic) bond motifs is 1. The number of hydrogen-bond acceptors (Lipinski definition) is 4. The zero-order valence-electron chi connectivity index (χ0n) is 8.96. The van der Waals surface area contributed by atoms with E-state index < -0.39 is 6.29 Å². The van der Waals surface area contributed by atoms with Gasteiger partial charge in [0.25, 0.3) is 0 Å². The van der Waals surface area contributed by atoms with E-state index in [-0.39, 0.29) is 12.4 Å². The molecule has 86 valence electrons. The smallest absolute Gasteiger partial charge is 0.161 e. The first-order chi connectivity index (χ1) is 7.25. The number of aliphatic hydroxyl groups excluding tert-OH is 1. The third-order valence-corrected chi connectivity index (χ3v) is 4.00. The SMILES string of the molecule is C[C@@H]1C[C@@H]2OC(O)C[C@@H]2[C@H]1C1OCCO1. The summed E-state index contributed by atoms with van der Waals surface area (Å²) in [6.45, 7) is 3.63. The van der Waals surface area contributed by atoms with Crippen LogP contribution in [-0.2, 0) is 14.2 Å². The summed E-state index contributed by atoms with van der Waals surface area (Å²) in [4.78, 5) is 0. The Morgan fingerprint density at radius 1 is 1.13 bits per heavy atom. The predicted molar refractivity (Wildman–Crippen MR) is 51.9 cm³/mol. The van der Waals surface area contributed by atoms with Gasteiger partial charge in [-0.2, -0.15) is 0 Å². The van der Waals surface area contributed by atoms with Gasteiger partial charge in [0.1, 0.15) is 0 Å². The highest BCUT2D eigenvalue weighted by Gasteiger charge is 2.51. The van der Waals surface area contributed by atoms with Crippen LogP contribution in [0, 0.1) is 17.8 Å². The van der Waals surface area contributed by atoms with Gasteiger partial charge in [-0.3, -0.25) is 0 Å². The van der Waals surface area contributed by atoms with E-state index in [0.717, 1.165) is 12.8 Å². The summed E-state index contributed by atoms with van der Waals surface area (Å²) >= 11 is 0. The van der Waals surface area contributed by atoms with Gasteiger partial charge >= 0.3 is 0 Å². The van der Waals surface area contributed by atoms with Crippen molar-refractivity contribution in [3.63, 3.8) is 0 Å². The molecule has 0 bridgehead atoms. The minimum Gasteiger partial charge on any atom is -0.368 e. The lowest BCUT2D eigenvalue weighted by molar-refractivity contribution is -0.105. The molecule has 3 rings (SSSR count). The molecular formula is C11H18O4.